The molecule has 0 spiro atoms. The van der Waals surface area contributed by atoms with Gasteiger partial charge in [0.1, 0.15) is 5.78 Å². The maximum Gasteiger partial charge on any atom is 0.139 e. The van der Waals surface area contributed by atoms with Crippen LogP contribution in [0.25, 0.3) is 0 Å². The van der Waals surface area contributed by atoms with Crippen LogP contribution in [-0.2, 0) is 4.79 Å². The fraction of sp³-hybridized carbons (Fsp3) is 0.909. The van der Waals surface area contributed by atoms with E-state index in [1.165, 1.54) is 0 Å². The first-order valence-electron chi connectivity index (χ1n) is 5.35. The van der Waals surface area contributed by atoms with Gasteiger partial charge in [-0.1, -0.05) is 20.8 Å². The number of nitrogens with one attached hydrogen (secondary N) is 1. The van der Waals surface area contributed by atoms with Gasteiger partial charge in [-0.25, -0.2) is 0 Å². The Balaban J connectivity index is 2.46. The number of hydrogen-bond donors (Lipinski definition) is 1. The third kappa shape index (κ3) is 3.07. The first kappa shape index (κ1) is 11.7. The summed E-state index contributed by atoms with van der Waals surface area (Å²) in [6, 6.07) is 0.385. The van der Waals surface area contributed by atoms with E-state index in [2.05, 4.69) is 17.3 Å². The maximum absolute atomic E-state index is 11.8. The molecule has 1 aliphatic heterocycles. The predicted octanol–water partition coefficient (Wildman–Crippen LogP) is 0.895. The summed E-state index contributed by atoms with van der Waals surface area (Å²) < 4.78 is 0. The van der Waals surface area contributed by atoms with Crippen LogP contribution < -0.4 is 5.32 Å². The molecule has 1 heterocycles. The summed E-state index contributed by atoms with van der Waals surface area (Å²) in [6.45, 7) is 9.00. The highest BCUT2D eigenvalue weighted by Crippen LogP contribution is 2.19. The number of likely N-dealkylation sites (N-methyl/N-ethyl adjacent to an activating group) is 1. The van der Waals surface area contributed by atoms with Crippen molar-refractivity contribution < 1.29 is 4.79 Å². The van der Waals surface area contributed by atoms with E-state index in [0.717, 1.165) is 19.6 Å². The molecule has 0 saturated carbocycles. The van der Waals surface area contributed by atoms with E-state index in [9.17, 15) is 4.79 Å². The summed E-state index contributed by atoms with van der Waals surface area (Å²) in [6.07, 6.45) is 0.674. The highest BCUT2D eigenvalue weighted by atomic mass is 16.1. The van der Waals surface area contributed by atoms with Crippen LogP contribution in [0.5, 0.6) is 0 Å². The Morgan fingerprint density at radius 3 is 2.64 bits per heavy atom. The summed E-state index contributed by atoms with van der Waals surface area (Å²) in [5.41, 5.74) is -0.196. The molecule has 1 aliphatic rings. The van der Waals surface area contributed by atoms with Crippen molar-refractivity contribution in [2.24, 2.45) is 5.41 Å². The Morgan fingerprint density at radius 2 is 2.14 bits per heavy atom. The topological polar surface area (TPSA) is 32.3 Å². The zero-order valence-corrected chi connectivity index (χ0v) is 9.76. The van der Waals surface area contributed by atoms with E-state index < -0.39 is 0 Å². The Bertz CT molecular complexity index is 208. The second-order valence-electron chi connectivity index (χ2n) is 5.22. The van der Waals surface area contributed by atoms with Crippen LogP contribution in [0.2, 0.25) is 0 Å². The lowest BCUT2D eigenvalue weighted by atomic mass is 9.86. The molecule has 0 aromatic rings. The van der Waals surface area contributed by atoms with Gasteiger partial charge in [-0.3, -0.25) is 4.79 Å². The molecule has 1 fully saturated rings. The fourth-order valence-corrected chi connectivity index (χ4v) is 1.61. The van der Waals surface area contributed by atoms with Gasteiger partial charge in [0.15, 0.2) is 0 Å². The van der Waals surface area contributed by atoms with Crippen molar-refractivity contribution in [2.45, 2.75) is 33.2 Å². The highest BCUT2D eigenvalue weighted by Gasteiger charge is 2.27. The monoisotopic (exact) mass is 198 g/mol. The number of piperazine rings is 1. The van der Waals surface area contributed by atoms with Crippen molar-refractivity contribution in [1.29, 1.82) is 0 Å². The molecule has 3 nitrogen and oxygen atoms in total. The van der Waals surface area contributed by atoms with Crippen molar-refractivity contribution in [1.82, 2.24) is 10.2 Å². The van der Waals surface area contributed by atoms with Crippen molar-refractivity contribution >= 4 is 5.78 Å². The number of carbonyl (C=O) groups excluding carboxylic acids is 1. The maximum atomic E-state index is 11.8. The molecule has 0 aromatic heterocycles. The highest BCUT2D eigenvalue weighted by molar-refractivity contribution is 5.84. The standard InChI is InChI=1S/C11H22N2O/c1-11(2,3)10(14)7-9-8-12-5-6-13(9)4/h9,12H,5-8H2,1-4H3. The van der Waals surface area contributed by atoms with Gasteiger partial charge in [-0.15, -0.1) is 0 Å². The molecule has 0 bridgehead atoms. The van der Waals surface area contributed by atoms with Gasteiger partial charge in [-0.2, -0.15) is 0 Å². The minimum absolute atomic E-state index is 0.196. The molecular weight excluding hydrogens is 176 g/mol. The van der Waals surface area contributed by atoms with Crippen LogP contribution in [0.15, 0.2) is 0 Å². The molecule has 3 heteroatoms. The molecule has 1 saturated heterocycles. The summed E-state index contributed by atoms with van der Waals surface area (Å²) in [5.74, 6) is 0.359. The second kappa shape index (κ2) is 4.41. The number of ketones is 1. The lowest BCUT2D eigenvalue weighted by molar-refractivity contribution is -0.127. The number of hydrogen-bond acceptors (Lipinski definition) is 3. The third-order valence-electron chi connectivity index (χ3n) is 2.90. The van der Waals surface area contributed by atoms with Gasteiger partial charge < -0.3 is 10.2 Å². The normalized spacial score (nSPS) is 25.0. The zero-order valence-electron chi connectivity index (χ0n) is 9.76. The lowest BCUT2D eigenvalue weighted by Gasteiger charge is -2.34. The molecule has 0 radical (unpaired) electrons. The van der Waals surface area contributed by atoms with Crippen LogP contribution in [-0.4, -0.2) is 43.4 Å². The molecule has 82 valence electrons. The quantitative estimate of drug-likeness (QED) is 0.715. The zero-order chi connectivity index (χ0) is 10.8. The van der Waals surface area contributed by atoms with Crippen LogP contribution in [0.3, 0.4) is 0 Å². The summed E-state index contributed by atoms with van der Waals surface area (Å²) in [4.78, 5) is 14.1. The third-order valence-corrected chi connectivity index (χ3v) is 2.90. The van der Waals surface area contributed by atoms with Crippen LogP contribution in [0, 0.1) is 5.41 Å². The molecule has 0 amide bonds. The van der Waals surface area contributed by atoms with Gasteiger partial charge in [0.25, 0.3) is 0 Å². The fourth-order valence-electron chi connectivity index (χ4n) is 1.61. The summed E-state index contributed by atoms with van der Waals surface area (Å²) in [7, 11) is 2.10. The molecule has 1 rings (SSSR count). The molecule has 1 N–H and O–H groups in total. The second-order valence-corrected chi connectivity index (χ2v) is 5.22. The molecule has 1 atom stereocenters. The molecule has 1 unspecified atom stereocenters. The lowest BCUT2D eigenvalue weighted by Crippen LogP contribution is -2.50. The van der Waals surface area contributed by atoms with Crippen LogP contribution in [0.4, 0.5) is 0 Å². The van der Waals surface area contributed by atoms with Gasteiger partial charge in [0.2, 0.25) is 0 Å². The number of rotatable bonds is 2. The predicted molar refractivity (Wildman–Crippen MR) is 58.4 cm³/mol. The van der Waals surface area contributed by atoms with Crippen molar-refractivity contribution in [3.05, 3.63) is 0 Å². The Morgan fingerprint density at radius 1 is 1.50 bits per heavy atom. The van der Waals surface area contributed by atoms with E-state index in [0.29, 0.717) is 18.2 Å². The van der Waals surface area contributed by atoms with E-state index in [1.54, 1.807) is 0 Å². The smallest absolute Gasteiger partial charge is 0.139 e. The largest absolute Gasteiger partial charge is 0.314 e. The number of carbonyl (C=O) groups is 1. The molecule has 0 aromatic carbocycles. The van der Waals surface area contributed by atoms with Crippen LogP contribution in [0.1, 0.15) is 27.2 Å². The van der Waals surface area contributed by atoms with E-state index in [4.69, 9.17) is 0 Å². The van der Waals surface area contributed by atoms with Crippen molar-refractivity contribution in [3.63, 3.8) is 0 Å². The first-order chi connectivity index (χ1) is 6.41. The summed E-state index contributed by atoms with van der Waals surface area (Å²) in [5, 5.41) is 3.33. The van der Waals surface area contributed by atoms with Crippen molar-refractivity contribution in [3.8, 4) is 0 Å². The van der Waals surface area contributed by atoms with Gasteiger partial charge in [-0.05, 0) is 7.05 Å². The van der Waals surface area contributed by atoms with Gasteiger partial charge in [0.05, 0.1) is 0 Å². The first-order valence-corrected chi connectivity index (χ1v) is 5.35. The Labute approximate surface area is 86.9 Å². The minimum Gasteiger partial charge on any atom is -0.314 e. The van der Waals surface area contributed by atoms with E-state index >= 15 is 0 Å². The molecule has 0 aliphatic carbocycles. The van der Waals surface area contributed by atoms with Gasteiger partial charge >= 0.3 is 0 Å². The Kier molecular flexibility index (Phi) is 3.67. The molecular formula is C11H22N2O. The summed E-state index contributed by atoms with van der Waals surface area (Å²) >= 11 is 0. The Hall–Kier alpha value is -0.410. The van der Waals surface area contributed by atoms with Gasteiger partial charge in [0, 0.05) is 37.5 Å². The molecule has 14 heavy (non-hydrogen) atoms. The number of Topliss-reactive ketones (excluding diaryl/α,β-unsaturated/α-hetero) is 1. The van der Waals surface area contributed by atoms with Crippen LogP contribution >= 0.6 is 0 Å². The SMILES string of the molecule is CN1CCNCC1CC(=O)C(C)(C)C. The minimum atomic E-state index is -0.196. The number of nitrogens with zero attached hydrogens (tertiary/aromatic N) is 1. The van der Waals surface area contributed by atoms with E-state index in [1.807, 2.05) is 20.8 Å². The van der Waals surface area contributed by atoms with E-state index in [-0.39, 0.29) is 5.41 Å². The average molecular weight is 198 g/mol. The van der Waals surface area contributed by atoms with Crippen molar-refractivity contribution in [2.75, 3.05) is 26.7 Å². The average Bonchev–Trinajstić information content (AvgIpc) is 2.07.